The Morgan fingerprint density at radius 1 is 1.22 bits per heavy atom. The van der Waals surface area contributed by atoms with Crippen LogP contribution in [0.5, 0.6) is 0 Å². The maximum Gasteiger partial charge on any atom is 0.239 e. The van der Waals surface area contributed by atoms with Gasteiger partial charge in [0.2, 0.25) is 5.91 Å². The average molecular weight is 245 g/mol. The van der Waals surface area contributed by atoms with Crippen molar-refractivity contribution in [3.63, 3.8) is 0 Å². The van der Waals surface area contributed by atoms with Gasteiger partial charge in [-0.1, -0.05) is 30.3 Å². The molecule has 1 aromatic carbocycles. The largest absolute Gasteiger partial charge is 0.365 e. The number of carbonyl (C=O) groups is 1. The molecular formula is C14H19N3O. The van der Waals surface area contributed by atoms with Crippen LogP contribution in [-0.2, 0) is 11.3 Å². The van der Waals surface area contributed by atoms with Gasteiger partial charge in [0, 0.05) is 19.5 Å². The van der Waals surface area contributed by atoms with Gasteiger partial charge in [0.05, 0.1) is 12.4 Å². The summed E-state index contributed by atoms with van der Waals surface area (Å²) in [6.45, 7) is 1.77. The van der Waals surface area contributed by atoms with Crippen LogP contribution >= 0.6 is 0 Å². The zero-order valence-electron chi connectivity index (χ0n) is 10.5. The lowest BCUT2D eigenvalue weighted by Gasteiger charge is -2.13. The molecule has 0 aromatic heterocycles. The van der Waals surface area contributed by atoms with E-state index in [9.17, 15) is 4.79 Å². The van der Waals surface area contributed by atoms with Gasteiger partial charge in [-0.05, 0) is 18.4 Å². The van der Waals surface area contributed by atoms with Crippen molar-refractivity contribution >= 4 is 11.7 Å². The smallest absolute Gasteiger partial charge is 0.239 e. The lowest BCUT2D eigenvalue weighted by atomic mass is 10.2. The highest BCUT2D eigenvalue weighted by molar-refractivity contribution is 5.87. The minimum Gasteiger partial charge on any atom is -0.365 e. The molecule has 1 heterocycles. The monoisotopic (exact) mass is 245 g/mol. The first-order chi connectivity index (χ1) is 8.84. The van der Waals surface area contributed by atoms with Crippen molar-refractivity contribution in [3.05, 3.63) is 35.9 Å². The Kier molecular flexibility index (Phi) is 4.76. The molecule has 0 atom stereocenters. The summed E-state index contributed by atoms with van der Waals surface area (Å²) in [5.41, 5.74) is 1.11. The Morgan fingerprint density at radius 2 is 2.06 bits per heavy atom. The van der Waals surface area contributed by atoms with Gasteiger partial charge in [-0.25, -0.2) is 0 Å². The zero-order chi connectivity index (χ0) is 12.6. The van der Waals surface area contributed by atoms with E-state index in [0.717, 1.165) is 37.2 Å². The van der Waals surface area contributed by atoms with Gasteiger partial charge in [-0.15, -0.1) is 0 Å². The molecule has 1 amide bonds. The first-order valence-corrected chi connectivity index (χ1v) is 6.42. The molecule has 0 saturated heterocycles. The second-order valence-corrected chi connectivity index (χ2v) is 4.40. The van der Waals surface area contributed by atoms with Gasteiger partial charge in [0.1, 0.15) is 0 Å². The van der Waals surface area contributed by atoms with Crippen molar-refractivity contribution in [2.24, 2.45) is 4.99 Å². The van der Waals surface area contributed by atoms with E-state index in [1.54, 1.807) is 0 Å². The maximum absolute atomic E-state index is 11.6. The van der Waals surface area contributed by atoms with Crippen molar-refractivity contribution < 1.29 is 4.79 Å². The maximum atomic E-state index is 11.6. The number of nitrogens with one attached hydrogen (secondary N) is 2. The van der Waals surface area contributed by atoms with Crippen LogP contribution in [0.2, 0.25) is 0 Å². The molecule has 1 aromatic rings. The molecule has 0 saturated carbocycles. The summed E-state index contributed by atoms with van der Waals surface area (Å²) in [5, 5.41) is 5.98. The lowest BCUT2D eigenvalue weighted by molar-refractivity contribution is -0.120. The molecule has 1 aliphatic rings. The quantitative estimate of drug-likeness (QED) is 0.844. The summed E-state index contributed by atoms with van der Waals surface area (Å²) in [6.07, 6.45) is 3.29. The Labute approximate surface area is 108 Å². The number of carbonyl (C=O) groups excluding carboxylic acids is 1. The van der Waals surface area contributed by atoms with Crippen LogP contribution in [0.4, 0.5) is 0 Å². The Balaban J connectivity index is 1.67. The van der Waals surface area contributed by atoms with E-state index in [-0.39, 0.29) is 5.91 Å². The minimum atomic E-state index is 0.00660. The lowest BCUT2D eigenvalue weighted by Crippen LogP contribution is -2.37. The van der Waals surface area contributed by atoms with Crippen LogP contribution in [-0.4, -0.2) is 24.8 Å². The summed E-state index contributed by atoms with van der Waals surface area (Å²) in [7, 11) is 0. The number of benzene rings is 1. The van der Waals surface area contributed by atoms with E-state index in [1.807, 2.05) is 30.3 Å². The molecule has 0 radical (unpaired) electrons. The van der Waals surface area contributed by atoms with Gasteiger partial charge in [-0.3, -0.25) is 9.79 Å². The minimum absolute atomic E-state index is 0.00660. The van der Waals surface area contributed by atoms with Crippen LogP contribution in [0.3, 0.4) is 0 Å². The molecule has 0 spiro atoms. The average Bonchev–Trinajstić information content (AvgIpc) is 2.45. The van der Waals surface area contributed by atoms with Gasteiger partial charge in [-0.2, -0.15) is 0 Å². The summed E-state index contributed by atoms with van der Waals surface area (Å²) in [5.74, 6) is 0.975. The van der Waals surface area contributed by atoms with E-state index in [2.05, 4.69) is 15.6 Å². The molecule has 1 aliphatic heterocycles. The van der Waals surface area contributed by atoms with E-state index in [1.165, 1.54) is 0 Å². The van der Waals surface area contributed by atoms with Crippen LogP contribution in [0.25, 0.3) is 0 Å². The third kappa shape index (κ3) is 4.20. The van der Waals surface area contributed by atoms with Crippen molar-refractivity contribution in [1.29, 1.82) is 0 Å². The van der Waals surface area contributed by atoms with Gasteiger partial charge >= 0.3 is 0 Å². The van der Waals surface area contributed by atoms with E-state index in [4.69, 9.17) is 0 Å². The molecule has 18 heavy (non-hydrogen) atoms. The molecule has 2 rings (SSSR count). The molecule has 0 aliphatic carbocycles. The van der Waals surface area contributed by atoms with Crippen LogP contribution in [0.15, 0.2) is 35.3 Å². The van der Waals surface area contributed by atoms with Gasteiger partial charge in [0.15, 0.2) is 0 Å². The molecule has 4 nitrogen and oxygen atoms in total. The third-order valence-corrected chi connectivity index (χ3v) is 2.91. The highest BCUT2D eigenvalue weighted by Gasteiger charge is 2.06. The van der Waals surface area contributed by atoms with E-state index < -0.39 is 0 Å². The van der Waals surface area contributed by atoms with Crippen molar-refractivity contribution in [3.8, 4) is 0 Å². The Hall–Kier alpha value is -1.84. The number of amides is 1. The zero-order valence-corrected chi connectivity index (χ0v) is 10.5. The number of hydrogen-bond acceptors (Lipinski definition) is 3. The standard InChI is InChI=1S/C14H19N3O/c18-14(11-16-13-8-4-5-9-15-13)17-10-12-6-2-1-3-7-12/h1-3,6-7H,4-5,8-11H2,(H,15,16)(H,17,18). The summed E-state index contributed by atoms with van der Waals surface area (Å²) in [4.78, 5) is 16.0. The number of hydrogen-bond donors (Lipinski definition) is 2. The fourth-order valence-corrected chi connectivity index (χ4v) is 1.88. The van der Waals surface area contributed by atoms with Gasteiger partial charge < -0.3 is 10.6 Å². The van der Waals surface area contributed by atoms with Crippen molar-refractivity contribution in [2.75, 3.05) is 13.1 Å². The van der Waals surface area contributed by atoms with Crippen molar-refractivity contribution in [2.45, 2.75) is 25.8 Å². The topological polar surface area (TPSA) is 53.5 Å². The highest BCUT2D eigenvalue weighted by Crippen LogP contribution is 2.03. The highest BCUT2D eigenvalue weighted by atomic mass is 16.1. The summed E-state index contributed by atoms with van der Waals surface area (Å²) < 4.78 is 0. The fraction of sp³-hybridized carbons (Fsp3) is 0.429. The molecule has 2 N–H and O–H groups in total. The molecule has 96 valence electrons. The number of rotatable bonds is 4. The fourth-order valence-electron chi connectivity index (χ4n) is 1.88. The third-order valence-electron chi connectivity index (χ3n) is 2.91. The molecular weight excluding hydrogens is 226 g/mol. The number of nitrogens with zero attached hydrogens (tertiary/aromatic N) is 1. The van der Waals surface area contributed by atoms with Crippen LogP contribution < -0.4 is 10.6 Å². The number of aliphatic imine (C=N–C) groups is 1. The Morgan fingerprint density at radius 3 is 2.78 bits per heavy atom. The second kappa shape index (κ2) is 6.79. The Bertz CT molecular complexity index is 414. The summed E-state index contributed by atoms with van der Waals surface area (Å²) >= 11 is 0. The van der Waals surface area contributed by atoms with E-state index >= 15 is 0 Å². The predicted octanol–water partition coefficient (Wildman–Crippen LogP) is 1.47. The van der Waals surface area contributed by atoms with Crippen molar-refractivity contribution in [1.82, 2.24) is 10.6 Å². The second-order valence-electron chi connectivity index (χ2n) is 4.40. The normalized spacial score (nSPS) is 14.8. The van der Waals surface area contributed by atoms with E-state index in [0.29, 0.717) is 13.1 Å². The first kappa shape index (κ1) is 12.6. The predicted molar refractivity (Wildman–Crippen MR) is 72.4 cm³/mol. The molecule has 0 unspecified atom stereocenters. The summed E-state index contributed by atoms with van der Waals surface area (Å²) in [6, 6.07) is 9.90. The SMILES string of the molecule is O=C(CNC1=NCCCC1)NCc1ccccc1. The molecule has 4 heteroatoms. The van der Waals surface area contributed by atoms with Crippen LogP contribution in [0.1, 0.15) is 24.8 Å². The molecule has 0 bridgehead atoms. The first-order valence-electron chi connectivity index (χ1n) is 6.42. The number of amidine groups is 1. The van der Waals surface area contributed by atoms with Gasteiger partial charge in [0.25, 0.3) is 0 Å². The molecule has 0 fully saturated rings. The van der Waals surface area contributed by atoms with Crippen LogP contribution in [0, 0.1) is 0 Å².